The van der Waals surface area contributed by atoms with Gasteiger partial charge in [-0.05, 0) is 72.6 Å². The van der Waals surface area contributed by atoms with Crippen LogP contribution in [0.15, 0.2) is 4.99 Å². The summed E-state index contributed by atoms with van der Waals surface area (Å²) in [6.45, 7) is 27.7. The first-order valence-corrected chi connectivity index (χ1v) is 17.5. The number of aliphatic hydroxyl groups is 3. The number of carbonyl (C=O) groups excluding carboxylic acids is 1. The molecule has 0 aromatic heterocycles. The van der Waals surface area contributed by atoms with E-state index in [1.54, 1.807) is 28.2 Å². The van der Waals surface area contributed by atoms with Crippen molar-refractivity contribution in [3.8, 4) is 11.8 Å². The molecule has 47 heavy (non-hydrogen) atoms. The van der Waals surface area contributed by atoms with Crippen molar-refractivity contribution in [2.75, 3.05) is 27.9 Å². The number of aliphatic hydroxyl groups excluding tert-OH is 3. The van der Waals surface area contributed by atoms with Crippen LogP contribution in [0.5, 0.6) is 0 Å². The summed E-state index contributed by atoms with van der Waals surface area (Å²) in [7, 11) is 5.07. The highest BCUT2D eigenvalue weighted by Gasteiger charge is 2.45. The minimum Gasteiger partial charge on any atom is -0.461 e. The third kappa shape index (κ3) is 13.7. The second-order valence-corrected chi connectivity index (χ2v) is 14.0. The number of aliphatic imine (C=N–C) groups is 1. The van der Waals surface area contributed by atoms with E-state index >= 15 is 0 Å². The maximum atomic E-state index is 12.9. The molecule has 2 saturated heterocycles. The summed E-state index contributed by atoms with van der Waals surface area (Å²) in [5.41, 5.74) is -0.656. The normalized spacial score (nSPS) is 38.7. The Hall–Kier alpha value is -1.54. The third-order valence-electron chi connectivity index (χ3n) is 10.1. The van der Waals surface area contributed by atoms with Crippen molar-refractivity contribution < 1.29 is 39.1 Å². The van der Waals surface area contributed by atoms with E-state index in [0.29, 0.717) is 25.9 Å². The lowest BCUT2D eigenvalue weighted by molar-refractivity contribution is -0.188. The summed E-state index contributed by atoms with van der Waals surface area (Å²) in [4.78, 5) is 17.4. The number of nitrogens with zero attached hydrogens (tertiary/aromatic N) is 1. The van der Waals surface area contributed by atoms with Gasteiger partial charge in [-0.25, -0.2) is 0 Å². The molecular weight excluding hydrogens is 598 g/mol. The van der Waals surface area contributed by atoms with Crippen LogP contribution in [0.3, 0.4) is 0 Å². The van der Waals surface area contributed by atoms with Gasteiger partial charge in [0.05, 0.1) is 35.4 Å². The predicted octanol–water partition coefficient (Wildman–Crippen LogP) is 6.49. The number of esters is 1. The van der Waals surface area contributed by atoms with E-state index in [9.17, 15) is 20.1 Å². The number of ether oxygens (including phenoxy) is 4. The minimum atomic E-state index is -0.839. The molecule has 0 bridgehead atoms. The van der Waals surface area contributed by atoms with Crippen LogP contribution in [0.2, 0.25) is 0 Å². The third-order valence-corrected chi connectivity index (χ3v) is 10.1. The summed E-state index contributed by atoms with van der Waals surface area (Å²) >= 11 is 0. The van der Waals surface area contributed by atoms with Gasteiger partial charge in [-0.3, -0.25) is 9.79 Å². The molecule has 2 rings (SSSR count). The molecule has 0 amide bonds. The Morgan fingerprint density at radius 3 is 1.83 bits per heavy atom. The van der Waals surface area contributed by atoms with Gasteiger partial charge in [0.1, 0.15) is 12.2 Å². The van der Waals surface area contributed by atoms with Gasteiger partial charge in [0.15, 0.2) is 0 Å². The van der Waals surface area contributed by atoms with E-state index in [-0.39, 0.29) is 23.9 Å². The van der Waals surface area contributed by atoms with Crippen LogP contribution in [0, 0.1) is 40.9 Å². The van der Waals surface area contributed by atoms with Crippen LogP contribution in [0.1, 0.15) is 123 Å². The van der Waals surface area contributed by atoms with E-state index in [2.05, 4.69) is 23.8 Å². The SMILES string of the molecule is CC.CC#CC.CC[C@H]1OC(=O)[C@H](C)[C@@H](O)[C@H](C)C[C@](C)(OC)C[C@@H](C)C(=NC)C(C)C(O)C1(C)C.CO[C@]1(C)CCO[C@@H](C)[C@@H]1O. The minimum absolute atomic E-state index is 0.0905. The van der Waals surface area contributed by atoms with Gasteiger partial charge in [0.2, 0.25) is 0 Å². The van der Waals surface area contributed by atoms with Crippen molar-refractivity contribution >= 4 is 11.7 Å². The van der Waals surface area contributed by atoms with Gasteiger partial charge in [-0.2, -0.15) is 0 Å². The van der Waals surface area contributed by atoms with Crippen LogP contribution >= 0.6 is 0 Å². The Morgan fingerprint density at radius 2 is 1.43 bits per heavy atom. The maximum Gasteiger partial charge on any atom is 0.311 e. The van der Waals surface area contributed by atoms with Gasteiger partial charge in [-0.1, -0.05) is 55.4 Å². The van der Waals surface area contributed by atoms with Gasteiger partial charge in [0, 0.05) is 51.3 Å². The molecule has 2 heterocycles. The lowest BCUT2D eigenvalue weighted by Crippen LogP contribution is -2.52. The lowest BCUT2D eigenvalue weighted by Gasteiger charge is -2.43. The van der Waals surface area contributed by atoms with Crippen LogP contribution in [0.4, 0.5) is 0 Å². The molecule has 0 aromatic carbocycles. The second-order valence-electron chi connectivity index (χ2n) is 14.0. The fraction of sp³-hybridized carbons (Fsp3) is 0.895. The van der Waals surface area contributed by atoms with Crippen LogP contribution in [-0.2, 0) is 23.7 Å². The highest BCUT2D eigenvalue weighted by atomic mass is 16.5. The smallest absolute Gasteiger partial charge is 0.311 e. The molecule has 11 atom stereocenters. The number of cyclic esters (lactones) is 1. The quantitative estimate of drug-likeness (QED) is 0.230. The lowest BCUT2D eigenvalue weighted by atomic mass is 9.70. The number of hydrogen-bond donors (Lipinski definition) is 3. The van der Waals surface area contributed by atoms with Crippen LogP contribution in [-0.4, -0.2) is 96.6 Å². The van der Waals surface area contributed by atoms with E-state index in [1.165, 1.54) is 0 Å². The molecule has 0 spiro atoms. The molecule has 9 nitrogen and oxygen atoms in total. The van der Waals surface area contributed by atoms with Gasteiger partial charge in [0.25, 0.3) is 0 Å². The largest absolute Gasteiger partial charge is 0.461 e. The molecule has 2 aliphatic rings. The van der Waals surface area contributed by atoms with Crippen molar-refractivity contribution in [1.29, 1.82) is 0 Å². The van der Waals surface area contributed by atoms with Crippen molar-refractivity contribution in [1.82, 2.24) is 0 Å². The van der Waals surface area contributed by atoms with Crippen molar-refractivity contribution in [3.05, 3.63) is 0 Å². The van der Waals surface area contributed by atoms with Gasteiger partial charge < -0.3 is 34.3 Å². The average Bonchev–Trinajstić information content (AvgIpc) is 3.05. The van der Waals surface area contributed by atoms with Gasteiger partial charge in [-0.15, -0.1) is 11.8 Å². The van der Waals surface area contributed by atoms with Crippen molar-refractivity contribution in [2.45, 2.75) is 164 Å². The fourth-order valence-electron chi connectivity index (χ4n) is 6.72. The molecular formula is C38H73NO8. The van der Waals surface area contributed by atoms with Crippen LogP contribution in [0.25, 0.3) is 0 Å². The Morgan fingerprint density at radius 1 is 0.894 bits per heavy atom. The summed E-state index contributed by atoms with van der Waals surface area (Å²) in [5.74, 6) is 4.02. The maximum absolute atomic E-state index is 12.9. The Kier molecular flexibility index (Phi) is 22.5. The first-order valence-electron chi connectivity index (χ1n) is 17.5. The summed E-state index contributed by atoms with van der Waals surface area (Å²) in [6.07, 6.45) is -0.0280. The summed E-state index contributed by atoms with van der Waals surface area (Å²) in [6, 6.07) is 0. The Bertz CT molecular complexity index is 968. The standard InChI is InChI=1S/C24H45NO5.C8H16O3.C4H6.C2H6/c1-11-18-23(6,7)21(27)16(4)19(25-9)14(2)12-24(8,29-10)13-15(3)20(26)17(5)22(28)30-18;1-6-7(9)8(2,10-3)4-5-11-6;1-3-4-2;1-2/h14-18,20-21,26-27H,11-13H2,1-10H3;6-7,9H,4-5H2,1-3H3;1-2H3;1-2H3/t14-,15-,16?,17-,18-,20+,21?,24-;6-,7-,8+;;/m10../s1. The fourth-order valence-corrected chi connectivity index (χ4v) is 6.72. The molecule has 0 aromatic rings. The molecule has 278 valence electrons. The zero-order valence-electron chi connectivity index (χ0n) is 33.1. The van der Waals surface area contributed by atoms with Gasteiger partial charge >= 0.3 is 5.97 Å². The summed E-state index contributed by atoms with van der Waals surface area (Å²) in [5, 5.41) is 31.8. The number of carbonyl (C=O) groups is 1. The molecule has 0 aliphatic carbocycles. The van der Waals surface area contributed by atoms with Crippen molar-refractivity contribution in [2.24, 2.45) is 34.1 Å². The zero-order valence-corrected chi connectivity index (χ0v) is 33.1. The average molecular weight is 672 g/mol. The molecule has 2 unspecified atom stereocenters. The summed E-state index contributed by atoms with van der Waals surface area (Å²) < 4.78 is 22.2. The highest BCUT2D eigenvalue weighted by molar-refractivity contribution is 5.89. The Balaban J connectivity index is 0. The van der Waals surface area contributed by atoms with Crippen molar-refractivity contribution in [3.63, 3.8) is 0 Å². The number of hydrogen-bond acceptors (Lipinski definition) is 9. The number of rotatable bonds is 3. The number of methoxy groups -OCH3 is 2. The second kappa shape index (κ2) is 22.2. The topological polar surface area (TPSA) is 127 Å². The molecule has 2 fully saturated rings. The first-order chi connectivity index (χ1) is 21.8. The molecule has 0 saturated carbocycles. The highest BCUT2D eigenvalue weighted by Crippen LogP contribution is 2.39. The predicted molar refractivity (Wildman–Crippen MR) is 193 cm³/mol. The monoisotopic (exact) mass is 672 g/mol. The zero-order chi connectivity index (χ0) is 37.3. The van der Waals surface area contributed by atoms with Crippen LogP contribution < -0.4 is 0 Å². The first kappa shape index (κ1) is 47.6. The van der Waals surface area contributed by atoms with E-state index in [0.717, 1.165) is 12.1 Å². The Labute approximate surface area is 288 Å². The van der Waals surface area contributed by atoms with E-state index in [4.69, 9.17) is 18.9 Å². The van der Waals surface area contributed by atoms with E-state index < -0.39 is 52.9 Å². The molecule has 2 aliphatic heterocycles. The molecule has 0 radical (unpaired) electrons. The van der Waals surface area contributed by atoms with E-state index in [1.807, 2.05) is 83.1 Å². The molecule has 9 heteroatoms. The molecule has 3 N–H and O–H groups in total.